The van der Waals surface area contributed by atoms with Crippen molar-refractivity contribution in [2.75, 3.05) is 14.2 Å². The Balaban J connectivity index is 3.04. The van der Waals surface area contributed by atoms with Gasteiger partial charge in [-0.25, -0.2) is 9.59 Å². The van der Waals surface area contributed by atoms with Gasteiger partial charge < -0.3 is 9.47 Å². The Kier molecular flexibility index (Phi) is 2.64. The number of hydrogen-bond acceptors (Lipinski definition) is 4. The van der Waals surface area contributed by atoms with Gasteiger partial charge in [-0.3, -0.25) is 0 Å². The highest BCUT2D eigenvalue weighted by molar-refractivity contribution is 6.04. The van der Waals surface area contributed by atoms with Crippen LogP contribution in [0.2, 0.25) is 0 Å². The van der Waals surface area contributed by atoms with Crippen molar-refractivity contribution in [1.82, 2.24) is 0 Å². The molecule has 0 fully saturated rings. The van der Waals surface area contributed by atoms with Gasteiger partial charge in [0.25, 0.3) is 0 Å². The Bertz CT molecular complexity index is 312. The predicted octanol–water partition coefficient (Wildman–Crippen LogP) is 1.06. The first-order valence-corrected chi connectivity index (χ1v) is 4.34. The molecule has 0 N–H and O–H groups in total. The second kappa shape index (κ2) is 3.44. The van der Waals surface area contributed by atoms with E-state index in [-0.39, 0.29) is 5.41 Å². The zero-order valence-corrected chi connectivity index (χ0v) is 8.84. The maximum Gasteiger partial charge on any atom is 0.334 e. The van der Waals surface area contributed by atoms with Crippen LogP contribution in [0.4, 0.5) is 0 Å². The summed E-state index contributed by atoms with van der Waals surface area (Å²) in [6.07, 6.45) is 0.560. The summed E-state index contributed by atoms with van der Waals surface area (Å²) in [7, 11) is 2.61. The highest BCUT2D eigenvalue weighted by Crippen LogP contribution is 2.46. The van der Waals surface area contributed by atoms with Crippen LogP contribution in [-0.2, 0) is 19.1 Å². The monoisotopic (exact) mass is 198 g/mol. The van der Waals surface area contributed by atoms with E-state index < -0.39 is 11.9 Å². The van der Waals surface area contributed by atoms with E-state index in [0.717, 1.165) is 0 Å². The number of carbonyl (C=O) groups is 2. The molecule has 0 atom stereocenters. The number of esters is 2. The molecule has 0 saturated carbocycles. The maximum absolute atomic E-state index is 11.4. The fraction of sp³-hybridized carbons (Fsp3) is 0.600. The number of hydrogen-bond donors (Lipinski definition) is 0. The second-order valence-corrected chi connectivity index (χ2v) is 3.90. The summed E-state index contributed by atoms with van der Waals surface area (Å²) in [4.78, 5) is 22.6. The number of methoxy groups -OCH3 is 2. The molecule has 0 aromatic rings. The van der Waals surface area contributed by atoms with E-state index in [1.807, 2.05) is 13.8 Å². The van der Waals surface area contributed by atoms with Crippen molar-refractivity contribution in [2.24, 2.45) is 5.41 Å². The molecule has 0 spiro atoms. The van der Waals surface area contributed by atoms with Crippen LogP contribution in [0.15, 0.2) is 11.1 Å². The normalized spacial score (nSPS) is 18.6. The lowest BCUT2D eigenvalue weighted by Gasteiger charge is -2.37. The van der Waals surface area contributed by atoms with E-state index in [1.54, 1.807) is 0 Å². The van der Waals surface area contributed by atoms with Gasteiger partial charge in [-0.2, -0.15) is 0 Å². The van der Waals surface area contributed by atoms with Crippen LogP contribution in [0.5, 0.6) is 0 Å². The summed E-state index contributed by atoms with van der Waals surface area (Å²) in [5.74, 6) is -0.883. The fourth-order valence-electron chi connectivity index (χ4n) is 1.72. The van der Waals surface area contributed by atoms with E-state index in [2.05, 4.69) is 9.47 Å². The van der Waals surface area contributed by atoms with Gasteiger partial charge in [0.15, 0.2) is 0 Å². The summed E-state index contributed by atoms with van der Waals surface area (Å²) in [6.45, 7) is 3.79. The maximum atomic E-state index is 11.4. The second-order valence-electron chi connectivity index (χ2n) is 3.90. The van der Waals surface area contributed by atoms with Crippen molar-refractivity contribution < 1.29 is 19.1 Å². The highest BCUT2D eigenvalue weighted by atomic mass is 16.5. The molecule has 0 saturated heterocycles. The molecule has 1 aliphatic rings. The van der Waals surface area contributed by atoms with Crippen LogP contribution < -0.4 is 0 Å². The first-order valence-electron chi connectivity index (χ1n) is 4.34. The molecule has 4 nitrogen and oxygen atoms in total. The quantitative estimate of drug-likeness (QED) is 0.622. The molecule has 78 valence electrons. The molecule has 0 amide bonds. The average Bonchev–Trinajstić information content (AvgIpc) is 2.13. The largest absolute Gasteiger partial charge is 0.466 e. The summed E-state index contributed by atoms with van der Waals surface area (Å²) < 4.78 is 9.18. The van der Waals surface area contributed by atoms with Gasteiger partial charge in [0.05, 0.1) is 19.8 Å². The lowest BCUT2D eigenvalue weighted by atomic mass is 9.66. The molecular formula is C10H14O4. The van der Waals surface area contributed by atoms with Gasteiger partial charge >= 0.3 is 11.9 Å². The average molecular weight is 198 g/mol. The number of rotatable bonds is 2. The molecule has 0 aromatic carbocycles. The Labute approximate surface area is 82.9 Å². The first-order chi connectivity index (χ1) is 6.44. The van der Waals surface area contributed by atoms with E-state index in [0.29, 0.717) is 17.6 Å². The van der Waals surface area contributed by atoms with Gasteiger partial charge in [0.2, 0.25) is 0 Å². The van der Waals surface area contributed by atoms with Crippen LogP contribution in [0, 0.1) is 5.41 Å². The molecule has 0 bridgehead atoms. The Morgan fingerprint density at radius 3 is 2.00 bits per heavy atom. The summed E-state index contributed by atoms with van der Waals surface area (Å²) in [5.41, 5.74) is 0.590. The van der Waals surface area contributed by atoms with Crippen LogP contribution in [-0.4, -0.2) is 26.2 Å². The van der Waals surface area contributed by atoms with Crippen molar-refractivity contribution in [2.45, 2.75) is 20.3 Å². The zero-order chi connectivity index (χ0) is 10.9. The smallest absolute Gasteiger partial charge is 0.334 e. The van der Waals surface area contributed by atoms with Crippen molar-refractivity contribution in [3.63, 3.8) is 0 Å². The van der Waals surface area contributed by atoms with Crippen LogP contribution in [0.25, 0.3) is 0 Å². The minimum absolute atomic E-state index is 0.281. The van der Waals surface area contributed by atoms with E-state index in [1.165, 1.54) is 14.2 Å². The predicted molar refractivity (Wildman–Crippen MR) is 49.5 cm³/mol. The van der Waals surface area contributed by atoms with Crippen molar-refractivity contribution in [3.05, 3.63) is 11.1 Å². The number of ether oxygens (including phenoxy) is 2. The SMILES string of the molecule is COC(=O)C1=C(C(=O)OC)C(C)(C)C1. The van der Waals surface area contributed by atoms with Crippen LogP contribution in [0.1, 0.15) is 20.3 Å². The number of carbonyl (C=O) groups excluding carboxylic acids is 2. The van der Waals surface area contributed by atoms with Crippen LogP contribution in [0.3, 0.4) is 0 Å². The Morgan fingerprint density at radius 2 is 1.64 bits per heavy atom. The lowest BCUT2D eigenvalue weighted by molar-refractivity contribution is -0.142. The molecule has 0 aliphatic heterocycles. The zero-order valence-electron chi connectivity index (χ0n) is 8.84. The lowest BCUT2D eigenvalue weighted by Crippen LogP contribution is -2.36. The highest BCUT2D eigenvalue weighted by Gasteiger charge is 2.45. The first kappa shape index (κ1) is 10.8. The minimum Gasteiger partial charge on any atom is -0.466 e. The van der Waals surface area contributed by atoms with E-state index in [4.69, 9.17) is 0 Å². The molecular weight excluding hydrogens is 184 g/mol. The van der Waals surface area contributed by atoms with Gasteiger partial charge in [0, 0.05) is 11.0 Å². The standard InChI is InChI=1S/C10H14O4/c1-10(2)5-6(8(11)13-3)7(10)9(12)14-4/h5H2,1-4H3. The van der Waals surface area contributed by atoms with E-state index in [9.17, 15) is 9.59 Å². The Hall–Kier alpha value is -1.32. The summed E-state index contributed by atoms with van der Waals surface area (Å²) >= 11 is 0. The molecule has 1 rings (SSSR count). The third-order valence-corrected chi connectivity index (χ3v) is 2.42. The fourth-order valence-corrected chi connectivity index (χ4v) is 1.72. The Morgan fingerprint density at radius 1 is 1.14 bits per heavy atom. The minimum atomic E-state index is -0.443. The van der Waals surface area contributed by atoms with Gasteiger partial charge in [-0.1, -0.05) is 13.8 Å². The molecule has 1 aliphatic carbocycles. The molecule has 0 radical (unpaired) electrons. The molecule has 0 unspecified atom stereocenters. The van der Waals surface area contributed by atoms with E-state index >= 15 is 0 Å². The van der Waals surface area contributed by atoms with Gasteiger partial charge in [-0.05, 0) is 6.42 Å². The third-order valence-electron chi connectivity index (χ3n) is 2.42. The van der Waals surface area contributed by atoms with Crippen LogP contribution >= 0.6 is 0 Å². The topological polar surface area (TPSA) is 52.6 Å². The molecule has 0 aromatic heterocycles. The van der Waals surface area contributed by atoms with Crippen molar-refractivity contribution in [3.8, 4) is 0 Å². The molecule has 14 heavy (non-hydrogen) atoms. The van der Waals surface area contributed by atoms with Gasteiger partial charge in [-0.15, -0.1) is 0 Å². The third kappa shape index (κ3) is 1.52. The van der Waals surface area contributed by atoms with Crippen molar-refractivity contribution >= 4 is 11.9 Å². The summed E-state index contributed by atoms with van der Waals surface area (Å²) in [6, 6.07) is 0. The summed E-state index contributed by atoms with van der Waals surface area (Å²) in [5, 5.41) is 0. The van der Waals surface area contributed by atoms with Crippen molar-refractivity contribution in [1.29, 1.82) is 0 Å². The molecule has 4 heteroatoms. The van der Waals surface area contributed by atoms with Gasteiger partial charge in [0.1, 0.15) is 0 Å². The molecule has 0 heterocycles.